The van der Waals surface area contributed by atoms with Gasteiger partial charge in [0.25, 0.3) is 0 Å². The highest BCUT2D eigenvalue weighted by atomic mass is 16.5. The third-order valence-corrected chi connectivity index (χ3v) is 4.78. The van der Waals surface area contributed by atoms with Crippen molar-refractivity contribution in [1.82, 2.24) is 5.32 Å². The van der Waals surface area contributed by atoms with Crippen molar-refractivity contribution in [2.45, 2.75) is 26.3 Å². The molecule has 2 atom stereocenters. The Morgan fingerprint density at radius 2 is 1.96 bits per heavy atom. The van der Waals surface area contributed by atoms with Crippen molar-refractivity contribution >= 4 is 17.5 Å². The number of hydrogen-bond acceptors (Lipinski definition) is 3. The van der Waals surface area contributed by atoms with Crippen LogP contribution in [-0.4, -0.2) is 25.5 Å². The van der Waals surface area contributed by atoms with E-state index in [2.05, 4.69) is 5.32 Å². The number of carbonyl (C=O) groups is 2. The first-order chi connectivity index (χ1) is 12.5. The minimum atomic E-state index is -0.362. The van der Waals surface area contributed by atoms with Gasteiger partial charge in [-0.2, -0.15) is 0 Å². The number of amides is 2. The second-order valence-electron chi connectivity index (χ2n) is 6.72. The molecule has 2 aromatic rings. The van der Waals surface area contributed by atoms with Gasteiger partial charge in [-0.15, -0.1) is 0 Å². The number of anilines is 1. The van der Waals surface area contributed by atoms with Gasteiger partial charge in [0.05, 0.1) is 24.8 Å². The van der Waals surface area contributed by atoms with Gasteiger partial charge in [0.1, 0.15) is 5.75 Å². The van der Waals surface area contributed by atoms with Crippen LogP contribution < -0.4 is 15.0 Å². The summed E-state index contributed by atoms with van der Waals surface area (Å²) in [5.74, 6) is 0.131. The predicted molar refractivity (Wildman–Crippen MR) is 101 cm³/mol. The van der Waals surface area contributed by atoms with Crippen LogP contribution in [0.4, 0.5) is 5.69 Å². The molecule has 5 heteroatoms. The van der Waals surface area contributed by atoms with Crippen molar-refractivity contribution < 1.29 is 14.3 Å². The minimum absolute atomic E-state index is 0.0542. The predicted octanol–water partition coefficient (Wildman–Crippen LogP) is 3.23. The third-order valence-electron chi connectivity index (χ3n) is 4.78. The summed E-state index contributed by atoms with van der Waals surface area (Å²) in [6, 6.07) is 15.4. The van der Waals surface area contributed by atoms with Crippen LogP contribution in [0.3, 0.4) is 0 Å². The molecular weight excluding hydrogens is 328 g/mol. The van der Waals surface area contributed by atoms with E-state index in [1.165, 1.54) is 0 Å². The molecule has 1 heterocycles. The number of hydrogen-bond donors (Lipinski definition) is 1. The van der Waals surface area contributed by atoms with E-state index in [9.17, 15) is 9.59 Å². The molecule has 2 amide bonds. The third kappa shape index (κ3) is 3.72. The fourth-order valence-electron chi connectivity index (χ4n) is 3.28. The van der Waals surface area contributed by atoms with Crippen LogP contribution in [0.2, 0.25) is 0 Å². The molecule has 2 unspecified atom stereocenters. The van der Waals surface area contributed by atoms with Gasteiger partial charge in [-0.05, 0) is 37.1 Å². The summed E-state index contributed by atoms with van der Waals surface area (Å²) in [6.45, 7) is 4.28. The second-order valence-corrected chi connectivity index (χ2v) is 6.72. The maximum atomic E-state index is 12.7. The van der Waals surface area contributed by atoms with Gasteiger partial charge in [-0.1, -0.05) is 36.4 Å². The zero-order valence-corrected chi connectivity index (χ0v) is 15.4. The lowest BCUT2D eigenvalue weighted by atomic mass is 10.1. The van der Waals surface area contributed by atoms with E-state index in [1.54, 1.807) is 12.0 Å². The standard InChI is InChI=1S/C21H24N2O3/c1-14-9-10-19(26-3)18(11-14)23-13-17(12-20(23)24)21(25)22-15(2)16-7-5-4-6-8-16/h4-11,15,17H,12-13H2,1-3H3,(H,22,25). The van der Waals surface area contributed by atoms with Crippen molar-refractivity contribution in [1.29, 1.82) is 0 Å². The van der Waals surface area contributed by atoms with Gasteiger partial charge in [0.2, 0.25) is 11.8 Å². The number of benzene rings is 2. The average molecular weight is 352 g/mol. The van der Waals surface area contributed by atoms with Crippen molar-refractivity contribution in [3.8, 4) is 5.75 Å². The number of aryl methyl sites for hydroxylation is 1. The maximum absolute atomic E-state index is 12.7. The zero-order chi connectivity index (χ0) is 18.7. The summed E-state index contributed by atoms with van der Waals surface area (Å²) >= 11 is 0. The molecule has 0 spiro atoms. The van der Waals surface area contributed by atoms with Crippen LogP contribution in [0.1, 0.15) is 30.5 Å². The van der Waals surface area contributed by atoms with Crippen molar-refractivity contribution in [2.24, 2.45) is 5.92 Å². The fraction of sp³-hybridized carbons (Fsp3) is 0.333. The Morgan fingerprint density at radius 3 is 2.65 bits per heavy atom. The van der Waals surface area contributed by atoms with Gasteiger partial charge in [0, 0.05) is 13.0 Å². The molecule has 0 saturated carbocycles. The Bertz CT molecular complexity index is 804. The number of methoxy groups -OCH3 is 1. The van der Waals surface area contributed by atoms with Gasteiger partial charge in [-0.25, -0.2) is 0 Å². The molecule has 0 radical (unpaired) electrons. The van der Waals surface area contributed by atoms with Gasteiger partial charge < -0.3 is 15.0 Å². The van der Waals surface area contributed by atoms with E-state index in [-0.39, 0.29) is 30.2 Å². The summed E-state index contributed by atoms with van der Waals surface area (Å²) in [5, 5.41) is 3.02. The van der Waals surface area contributed by atoms with Crippen LogP contribution in [0.5, 0.6) is 5.75 Å². The van der Waals surface area contributed by atoms with Crippen molar-refractivity contribution in [3.05, 3.63) is 59.7 Å². The van der Waals surface area contributed by atoms with Gasteiger partial charge in [-0.3, -0.25) is 9.59 Å². The number of rotatable bonds is 5. The summed E-state index contributed by atoms with van der Waals surface area (Å²) in [5.41, 5.74) is 2.81. The molecule has 3 rings (SSSR count). The molecule has 26 heavy (non-hydrogen) atoms. The molecule has 0 aliphatic carbocycles. The monoisotopic (exact) mass is 352 g/mol. The summed E-state index contributed by atoms with van der Waals surface area (Å²) in [4.78, 5) is 26.8. The minimum Gasteiger partial charge on any atom is -0.495 e. The Labute approximate surface area is 154 Å². The maximum Gasteiger partial charge on any atom is 0.227 e. The molecular formula is C21H24N2O3. The first-order valence-electron chi connectivity index (χ1n) is 8.80. The largest absolute Gasteiger partial charge is 0.495 e. The van der Waals surface area contributed by atoms with Crippen LogP contribution in [0.25, 0.3) is 0 Å². The van der Waals surface area contributed by atoms with E-state index in [4.69, 9.17) is 4.74 Å². The lowest BCUT2D eigenvalue weighted by molar-refractivity contribution is -0.126. The van der Waals surface area contributed by atoms with Gasteiger partial charge >= 0.3 is 0 Å². The molecule has 1 N–H and O–H groups in total. The Balaban J connectivity index is 1.71. The van der Waals surface area contributed by atoms with E-state index in [1.807, 2.05) is 62.4 Å². The quantitative estimate of drug-likeness (QED) is 0.899. The molecule has 1 fully saturated rings. The molecule has 5 nitrogen and oxygen atoms in total. The van der Waals surface area contributed by atoms with E-state index in [0.29, 0.717) is 12.3 Å². The second kappa shape index (κ2) is 7.60. The zero-order valence-electron chi connectivity index (χ0n) is 15.4. The molecule has 136 valence electrons. The Kier molecular flexibility index (Phi) is 5.26. The molecule has 1 aliphatic heterocycles. The van der Waals surface area contributed by atoms with E-state index < -0.39 is 0 Å². The van der Waals surface area contributed by atoms with Crippen molar-refractivity contribution in [2.75, 3.05) is 18.6 Å². The number of nitrogens with one attached hydrogen (secondary N) is 1. The summed E-state index contributed by atoms with van der Waals surface area (Å²) in [7, 11) is 1.58. The van der Waals surface area contributed by atoms with Crippen LogP contribution >= 0.6 is 0 Å². The number of ether oxygens (including phenoxy) is 1. The average Bonchev–Trinajstić information content (AvgIpc) is 3.04. The molecule has 2 aromatic carbocycles. The highest BCUT2D eigenvalue weighted by molar-refractivity contribution is 6.01. The topological polar surface area (TPSA) is 58.6 Å². The molecule has 0 bridgehead atoms. The fourth-order valence-corrected chi connectivity index (χ4v) is 3.28. The van der Waals surface area contributed by atoms with Crippen molar-refractivity contribution in [3.63, 3.8) is 0 Å². The highest BCUT2D eigenvalue weighted by Crippen LogP contribution is 2.34. The molecule has 1 aliphatic rings. The Morgan fingerprint density at radius 1 is 1.23 bits per heavy atom. The lowest BCUT2D eigenvalue weighted by Crippen LogP contribution is -2.34. The normalized spacial score (nSPS) is 17.9. The first kappa shape index (κ1) is 18.0. The van der Waals surface area contributed by atoms with E-state index >= 15 is 0 Å². The first-order valence-corrected chi connectivity index (χ1v) is 8.80. The van der Waals surface area contributed by atoms with Crippen LogP contribution in [-0.2, 0) is 9.59 Å². The van der Waals surface area contributed by atoms with Crippen LogP contribution in [0.15, 0.2) is 48.5 Å². The summed E-state index contributed by atoms with van der Waals surface area (Å²) < 4.78 is 5.38. The number of carbonyl (C=O) groups excluding carboxylic acids is 2. The summed E-state index contributed by atoms with van der Waals surface area (Å²) in [6.07, 6.45) is 0.213. The number of nitrogens with zero attached hydrogens (tertiary/aromatic N) is 1. The van der Waals surface area contributed by atoms with Gasteiger partial charge in [0.15, 0.2) is 0 Å². The smallest absolute Gasteiger partial charge is 0.227 e. The highest BCUT2D eigenvalue weighted by Gasteiger charge is 2.36. The Hall–Kier alpha value is -2.82. The SMILES string of the molecule is COc1ccc(C)cc1N1CC(C(=O)NC(C)c2ccccc2)CC1=O. The lowest BCUT2D eigenvalue weighted by Gasteiger charge is -2.21. The van der Waals surface area contributed by atoms with Crippen LogP contribution in [0, 0.1) is 12.8 Å². The molecule has 0 aromatic heterocycles. The van der Waals surface area contributed by atoms with E-state index in [0.717, 1.165) is 16.8 Å². The molecule has 1 saturated heterocycles.